The number of halogens is 3. The minimum atomic E-state index is -5.08. The molecule has 1 aromatic rings. The maximum atomic E-state index is 12.6. The van der Waals surface area contributed by atoms with Gasteiger partial charge >= 0.3 is 70.4 Å². The maximum absolute atomic E-state index is 12.6. The Bertz CT molecular complexity index is 588. The minimum Gasteiger partial charge on any atom is -0.467 e. The zero-order valence-electron chi connectivity index (χ0n) is 14.9. The number of amides is 1. The average molecular weight is 385 g/mol. The Hall–Kier alpha value is -0.549. The quantitative estimate of drug-likeness (QED) is 0.541. The van der Waals surface area contributed by atoms with Crippen molar-refractivity contribution >= 4 is 24.5 Å². The Morgan fingerprint density at radius 2 is 1.68 bits per heavy atom. The van der Waals surface area contributed by atoms with Crippen molar-refractivity contribution in [1.29, 1.82) is 0 Å². The van der Waals surface area contributed by atoms with Crippen LogP contribution in [0.2, 0.25) is 0 Å². The van der Waals surface area contributed by atoms with Crippen LogP contribution in [-0.2, 0) is 20.7 Å². The van der Waals surface area contributed by atoms with Crippen molar-refractivity contribution in [2.24, 2.45) is 0 Å². The number of ether oxygens (including phenoxy) is 2. The average Bonchev–Trinajstić information content (AvgIpc) is 2.43. The van der Waals surface area contributed by atoms with Crippen molar-refractivity contribution in [3.05, 3.63) is 29.8 Å². The number of hydrogen-bond donors (Lipinski definition) is 1. The first-order chi connectivity index (χ1) is 10.9. The second-order valence-electron chi connectivity index (χ2n) is 6.24. The monoisotopic (exact) mass is 385 g/mol. The first-order valence-corrected chi connectivity index (χ1v) is 7.28. The number of carbonyl (C=O) groups is 2. The number of esters is 1. The van der Waals surface area contributed by atoms with Crippen LogP contribution in [0.15, 0.2) is 24.3 Å². The molecule has 1 N–H and O–H groups in total. The number of nitrogens with one attached hydrogen (secondary N) is 1. The molecule has 0 unspecified atom stereocenters. The van der Waals surface area contributed by atoms with Gasteiger partial charge in [-0.1, -0.05) is 24.3 Å². The molecule has 0 bridgehead atoms. The van der Waals surface area contributed by atoms with Crippen molar-refractivity contribution < 1.29 is 83.4 Å². The number of alkyl carbamates (subject to hydrolysis) is 1. The van der Waals surface area contributed by atoms with Gasteiger partial charge in [0.1, 0.15) is 11.6 Å². The number of methoxy groups -OCH3 is 1. The summed E-state index contributed by atoms with van der Waals surface area (Å²) in [5.41, 5.74) is -1.03. The first-order valence-electron chi connectivity index (χ1n) is 7.28. The van der Waals surface area contributed by atoms with Crippen LogP contribution >= 0.6 is 0 Å². The van der Waals surface area contributed by atoms with Crippen LogP contribution in [0.3, 0.4) is 0 Å². The molecule has 1 atom stereocenters. The molecule has 0 aliphatic carbocycles. The van der Waals surface area contributed by atoms with E-state index in [1.165, 1.54) is 12.1 Å². The van der Waals surface area contributed by atoms with E-state index in [1.54, 1.807) is 20.8 Å². The van der Waals surface area contributed by atoms with E-state index in [4.69, 9.17) is 4.74 Å². The van der Waals surface area contributed by atoms with E-state index < -0.39 is 36.1 Å². The molecule has 1 rings (SSSR count). The van der Waals surface area contributed by atoms with Gasteiger partial charge in [-0.05, 0) is 26.3 Å². The largest absolute Gasteiger partial charge is 1.00 e. The summed E-state index contributed by atoms with van der Waals surface area (Å²) in [6, 6.07) is 3.34. The van der Waals surface area contributed by atoms with Gasteiger partial charge < -0.3 is 27.7 Å². The molecular weight excluding hydrogens is 365 g/mol. The van der Waals surface area contributed by atoms with E-state index in [0.717, 1.165) is 19.2 Å². The van der Waals surface area contributed by atoms with Crippen LogP contribution in [0.4, 0.5) is 17.7 Å². The van der Waals surface area contributed by atoms with Crippen molar-refractivity contribution in [3.8, 4) is 0 Å². The molecule has 0 spiro atoms. The molecule has 5 nitrogen and oxygen atoms in total. The molecule has 0 aliphatic rings. The topological polar surface area (TPSA) is 64.6 Å². The number of hydrogen-bond acceptors (Lipinski definition) is 4. The molecule has 1 amide bonds. The third kappa shape index (κ3) is 9.09. The van der Waals surface area contributed by atoms with Crippen LogP contribution in [0.1, 0.15) is 26.3 Å². The van der Waals surface area contributed by atoms with Crippen molar-refractivity contribution in [2.75, 3.05) is 7.11 Å². The zero-order valence-corrected chi connectivity index (χ0v) is 18.1. The van der Waals surface area contributed by atoms with Crippen LogP contribution in [0, 0.1) is 0 Å². The van der Waals surface area contributed by atoms with Gasteiger partial charge in [-0.3, -0.25) is 0 Å². The molecule has 0 fully saturated rings. The third-order valence-electron chi connectivity index (χ3n) is 2.97. The second kappa shape index (κ2) is 9.96. The smallest absolute Gasteiger partial charge is 0.467 e. The molecule has 1 aromatic carbocycles. The van der Waals surface area contributed by atoms with Gasteiger partial charge in [-0.15, -0.1) is 5.46 Å². The van der Waals surface area contributed by atoms with Gasteiger partial charge in [-0.2, -0.15) is 0 Å². The number of benzene rings is 1. The van der Waals surface area contributed by atoms with Crippen LogP contribution in [0.5, 0.6) is 0 Å². The zero-order chi connectivity index (χ0) is 18.5. The fraction of sp³-hybridized carbons (Fsp3) is 0.467. The van der Waals surface area contributed by atoms with Gasteiger partial charge in [0, 0.05) is 6.42 Å². The Kier molecular flexibility index (Phi) is 9.74. The molecule has 0 aromatic heterocycles. The van der Waals surface area contributed by atoms with Gasteiger partial charge in [-0.25, -0.2) is 9.59 Å². The normalized spacial score (nSPS) is 12.6. The van der Waals surface area contributed by atoms with E-state index in [1.807, 2.05) is 0 Å². The summed E-state index contributed by atoms with van der Waals surface area (Å²) in [6.45, 7) is -0.0841. The molecule has 0 radical (unpaired) electrons. The second-order valence-corrected chi connectivity index (χ2v) is 6.24. The van der Waals surface area contributed by atoms with E-state index in [2.05, 4.69) is 10.1 Å². The summed E-state index contributed by atoms with van der Waals surface area (Å²) in [6.07, 6.45) is -0.829. The van der Waals surface area contributed by atoms with Gasteiger partial charge in [0.05, 0.1) is 7.11 Å². The Balaban J connectivity index is 0.00000576. The molecule has 134 valence electrons. The Labute approximate surface area is 187 Å². The van der Waals surface area contributed by atoms with Crippen molar-refractivity contribution in [3.63, 3.8) is 0 Å². The summed E-state index contributed by atoms with van der Waals surface area (Å²) in [5, 5.41) is 2.36. The van der Waals surface area contributed by atoms with E-state index in [-0.39, 0.29) is 57.8 Å². The molecule has 0 saturated carbocycles. The van der Waals surface area contributed by atoms with E-state index in [9.17, 15) is 22.5 Å². The predicted octanol–water partition coefficient (Wildman–Crippen LogP) is -0.646. The molecule has 0 aliphatic heterocycles. The third-order valence-corrected chi connectivity index (χ3v) is 2.97. The maximum Gasteiger partial charge on any atom is 1.00 e. The molecular formula is C15H20BF3KNO4. The van der Waals surface area contributed by atoms with Gasteiger partial charge in [0.2, 0.25) is 0 Å². The summed E-state index contributed by atoms with van der Waals surface area (Å²) in [7, 11) is 1.15. The first kappa shape index (κ1) is 24.5. The number of carbonyl (C=O) groups excluding carboxylic acids is 2. The fourth-order valence-electron chi connectivity index (χ4n) is 1.89. The van der Waals surface area contributed by atoms with Crippen LogP contribution in [0.25, 0.3) is 0 Å². The summed E-state index contributed by atoms with van der Waals surface area (Å²) >= 11 is 0. The van der Waals surface area contributed by atoms with Crippen molar-refractivity contribution in [2.45, 2.75) is 38.8 Å². The SMILES string of the molecule is COC(=O)[C@H](Cc1ccc([B-](F)(F)F)cc1)NC(=O)OC(C)(C)C.[K+]. The summed E-state index contributed by atoms with van der Waals surface area (Å²) in [4.78, 5) is 23.6. The van der Waals surface area contributed by atoms with Crippen LogP contribution < -0.4 is 62.2 Å². The molecule has 0 heterocycles. The fourth-order valence-corrected chi connectivity index (χ4v) is 1.89. The summed E-state index contributed by atoms with van der Waals surface area (Å²) in [5.74, 6) is -0.718. The van der Waals surface area contributed by atoms with E-state index >= 15 is 0 Å². The Morgan fingerprint density at radius 3 is 2.08 bits per heavy atom. The van der Waals surface area contributed by atoms with Crippen molar-refractivity contribution in [1.82, 2.24) is 5.32 Å². The Morgan fingerprint density at radius 1 is 1.16 bits per heavy atom. The predicted molar refractivity (Wildman–Crippen MR) is 84.0 cm³/mol. The molecule has 25 heavy (non-hydrogen) atoms. The molecule has 10 heteroatoms. The van der Waals surface area contributed by atoms with Gasteiger partial charge in [0.15, 0.2) is 0 Å². The standard InChI is InChI=1S/C15H20BF3NO4.K/c1-15(2,3)24-14(22)20-12(13(21)23-4)9-10-5-7-11(8-6-10)16(17,18)19;/h5-8,12H,9H2,1-4H3,(H,20,22);/q-1;+1/t12-;/m0./s1. The van der Waals surface area contributed by atoms with Crippen LogP contribution in [-0.4, -0.2) is 37.8 Å². The summed E-state index contributed by atoms with van der Waals surface area (Å²) < 4.78 is 47.5. The number of rotatable bonds is 5. The molecule has 0 saturated heterocycles. The minimum absolute atomic E-state index is 0. The van der Waals surface area contributed by atoms with E-state index in [0.29, 0.717) is 5.56 Å². The van der Waals surface area contributed by atoms with Gasteiger partial charge in [0.25, 0.3) is 0 Å².